The molecule has 0 aliphatic heterocycles. The predicted octanol–water partition coefficient (Wildman–Crippen LogP) is 2.59. The number of ether oxygens (including phenoxy) is 1. The number of para-hydroxylation sites is 1. The van der Waals surface area contributed by atoms with Crippen LogP contribution in [-0.4, -0.2) is 24.6 Å². The summed E-state index contributed by atoms with van der Waals surface area (Å²) < 4.78 is 5.27. The van der Waals surface area contributed by atoms with Crippen molar-refractivity contribution in [3.8, 4) is 11.8 Å². The van der Waals surface area contributed by atoms with Crippen molar-refractivity contribution in [1.82, 2.24) is 4.90 Å². The second kappa shape index (κ2) is 6.54. The van der Waals surface area contributed by atoms with Gasteiger partial charge in [0.15, 0.2) is 0 Å². The lowest BCUT2D eigenvalue weighted by Crippen LogP contribution is -2.30. The molecule has 0 unspecified atom stereocenters. The number of nitrogens with zero attached hydrogens (tertiary/aromatic N) is 2. The predicted molar refractivity (Wildman–Crippen MR) is 64.7 cm³/mol. The molecule has 1 amide bonds. The van der Waals surface area contributed by atoms with Crippen LogP contribution in [0.3, 0.4) is 0 Å². The molecule has 0 aliphatic rings. The van der Waals surface area contributed by atoms with Gasteiger partial charge in [-0.3, -0.25) is 0 Å². The third-order valence-electron chi connectivity index (χ3n) is 2.42. The molecule has 4 nitrogen and oxygen atoms in total. The van der Waals surface area contributed by atoms with Gasteiger partial charge in [-0.2, -0.15) is 5.26 Å². The lowest BCUT2D eigenvalue weighted by molar-refractivity contribution is 0.163. The topological polar surface area (TPSA) is 53.3 Å². The number of hydrogen-bond donors (Lipinski definition) is 0. The fourth-order valence-corrected chi connectivity index (χ4v) is 1.38. The van der Waals surface area contributed by atoms with Gasteiger partial charge in [0.1, 0.15) is 5.75 Å². The summed E-state index contributed by atoms with van der Waals surface area (Å²) in [6, 6.07) is 9.43. The van der Waals surface area contributed by atoms with Crippen LogP contribution in [0.5, 0.6) is 5.75 Å². The van der Waals surface area contributed by atoms with E-state index in [-0.39, 0.29) is 0 Å². The highest BCUT2D eigenvalue weighted by Crippen LogP contribution is 2.18. The summed E-state index contributed by atoms with van der Waals surface area (Å²) in [5, 5.41) is 8.44. The molecule has 0 radical (unpaired) electrons. The minimum absolute atomic E-state index is 0.307. The zero-order chi connectivity index (χ0) is 12.7. The number of aryl methyl sites for hydroxylation is 1. The molecule has 90 valence electrons. The fraction of sp³-hybridized carbons (Fsp3) is 0.385. The first-order chi connectivity index (χ1) is 8.19. The van der Waals surface area contributed by atoms with Crippen LogP contribution in [-0.2, 0) is 6.42 Å². The summed E-state index contributed by atoms with van der Waals surface area (Å²) in [6.07, 6.45) is 0.688. The summed E-state index contributed by atoms with van der Waals surface area (Å²) in [5.41, 5.74) is 0.995. The maximum Gasteiger partial charge on any atom is 0.415 e. The Labute approximate surface area is 101 Å². The number of amides is 1. The van der Waals surface area contributed by atoms with Crippen molar-refractivity contribution in [2.24, 2.45) is 0 Å². The summed E-state index contributed by atoms with van der Waals surface area (Å²) in [6.45, 7) is 2.38. The lowest BCUT2D eigenvalue weighted by Gasteiger charge is -2.16. The van der Waals surface area contributed by atoms with Gasteiger partial charge >= 0.3 is 6.09 Å². The van der Waals surface area contributed by atoms with Crippen molar-refractivity contribution in [3.63, 3.8) is 0 Å². The second-order valence-electron chi connectivity index (χ2n) is 3.66. The first-order valence-corrected chi connectivity index (χ1v) is 5.56. The van der Waals surface area contributed by atoms with Gasteiger partial charge in [0.05, 0.1) is 12.5 Å². The number of nitriles is 1. The van der Waals surface area contributed by atoms with E-state index in [4.69, 9.17) is 10.00 Å². The van der Waals surface area contributed by atoms with Crippen molar-refractivity contribution in [3.05, 3.63) is 29.8 Å². The molecule has 4 heteroatoms. The molecule has 0 bridgehead atoms. The number of carbonyl (C=O) groups is 1. The molecular weight excluding hydrogens is 216 g/mol. The Morgan fingerprint density at radius 3 is 2.82 bits per heavy atom. The van der Waals surface area contributed by atoms with Gasteiger partial charge in [0.25, 0.3) is 0 Å². The number of carbonyl (C=O) groups excluding carboxylic acids is 1. The van der Waals surface area contributed by atoms with Gasteiger partial charge < -0.3 is 9.64 Å². The molecule has 1 aromatic rings. The molecule has 0 fully saturated rings. The van der Waals surface area contributed by atoms with Crippen molar-refractivity contribution in [2.75, 3.05) is 13.6 Å². The molecule has 0 saturated heterocycles. The van der Waals surface area contributed by atoms with Gasteiger partial charge in [0.2, 0.25) is 0 Å². The number of hydrogen-bond acceptors (Lipinski definition) is 3. The maximum absolute atomic E-state index is 11.7. The zero-order valence-corrected chi connectivity index (χ0v) is 10.1. The number of rotatable bonds is 4. The van der Waals surface area contributed by atoms with Crippen LogP contribution < -0.4 is 4.74 Å². The quantitative estimate of drug-likeness (QED) is 0.801. The molecule has 17 heavy (non-hydrogen) atoms. The summed E-state index contributed by atoms with van der Waals surface area (Å²) in [5.74, 6) is 0.587. The highest BCUT2D eigenvalue weighted by molar-refractivity contribution is 5.70. The molecular formula is C13H16N2O2. The summed E-state index contributed by atoms with van der Waals surface area (Å²) >= 11 is 0. The van der Waals surface area contributed by atoms with E-state index in [1.165, 1.54) is 4.90 Å². The van der Waals surface area contributed by atoms with E-state index in [2.05, 4.69) is 0 Å². The Balaban J connectivity index is 2.64. The molecule has 0 aromatic heterocycles. The van der Waals surface area contributed by atoms with Crippen LogP contribution in [0.2, 0.25) is 0 Å². The Morgan fingerprint density at radius 2 is 2.18 bits per heavy atom. The minimum atomic E-state index is -0.429. The highest BCUT2D eigenvalue weighted by Gasteiger charge is 2.12. The molecule has 1 aromatic carbocycles. The van der Waals surface area contributed by atoms with Gasteiger partial charge in [-0.05, 0) is 18.1 Å². The van der Waals surface area contributed by atoms with Crippen LogP contribution in [0.4, 0.5) is 4.79 Å². The molecule has 0 heterocycles. The normalized spacial score (nSPS) is 9.47. The summed E-state index contributed by atoms with van der Waals surface area (Å²) in [7, 11) is 1.62. The molecule has 0 atom stereocenters. The van der Waals surface area contributed by atoms with Crippen molar-refractivity contribution in [2.45, 2.75) is 19.8 Å². The molecule has 0 N–H and O–H groups in total. The zero-order valence-electron chi connectivity index (χ0n) is 10.1. The third-order valence-corrected chi connectivity index (χ3v) is 2.42. The van der Waals surface area contributed by atoms with E-state index in [0.717, 1.165) is 12.0 Å². The van der Waals surface area contributed by atoms with Gasteiger partial charge in [-0.25, -0.2) is 4.79 Å². The SMILES string of the molecule is CCc1ccccc1OC(=O)N(C)CCC#N. The first kappa shape index (κ1) is 13.0. The largest absolute Gasteiger partial charge is 0.415 e. The van der Waals surface area contributed by atoms with E-state index in [1.54, 1.807) is 13.1 Å². The van der Waals surface area contributed by atoms with E-state index >= 15 is 0 Å². The highest BCUT2D eigenvalue weighted by atomic mass is 16.6. The Kier molecular flexibility index (Phi) is 5.02. The van der Waals surface area contributed by atoms with Crippen LogP contribution in [0.15, 0.2) is 24.3 Å². The van der Waals surface area contributed by atoms with Crippen molar-refractivity contribution in [1.29, 1.82) is 5.26 Å². The summed E-state index contributed by atoms with van der Waals surface area (Å²) in [4.78, 5) is 13.1. The van der Waals surface area contributed by atoms with Gasteiger partial charge in [0, 0.05) is 13.6 Å². The first-order valence-electron chi connectivity index (χ1n) is 5.56. The number of benzene rings is 1. The lowest BCUT2D eigenvalue weighted by atomic mass is 10.1. The molecule has 0 aliphatic carbocycles. The van der Waals surface area contributed by atoms with E-state index in [9.17, 15) is 4.79 Å². The van der Waals surface area contributed by atoms with Crippen molar-refractivity contribution < 1.29 is 9.53 Å². The van der Waals surface area contributed by atoms with Crippen LogP contribution in [0, 0.1) is 11.3 Å². The van der Waals surface area contributed by atoms with E-state index in [0.29, 0.717) is 18.7 Å². The Morgan fingerprint density at radius 1 is 1.47 bits per heavy atom. The fourth-order valence-electron chi connectivity index (χ4n) is 1.38. The molecule has 0 saturated carbocycles. The third kappa shape index (κ3) is 3.80. The van der Waals surface area contributed by atoms with Gasteiger partial charge in [-0.1, -0.05) is 25.1 Å². The van der Waals surface area contributed by atoms with E-state index < -0.39 is 6.09 Å². The van der Waals surface area contributed by atoms with Crippen LogP contribution in [0.1, 0.15) is 18.9 Å². The van der Waals surface area contributed by atoms with E-state index in [1.807, 2.05) is 31.2 Å². The standard InChI is InChI=1S/C13H16N2O2/c1-3-11-7-4-5-8-12(11)17-13(16)15(2)10-6-9-14/h4-5,7-8H,3,6,10H2,1-2H3. The average molecular weight is 232 g/mol. The van der Waals surface area contributed by atoms with Gasteiger partial charge in [-0.15, -0.1) is 0 Å². The van der Waals surface area contributed by atoms with Crippen LogP contribution >= 0.6 is 0 Å². The Bertz CT molecular complexity index is 424. The maximum atomic E-state index is 11.7. The van der Waals surface area contributed by atoms with Crippen LogP contribution in [0.25, 0.3) is 0 Å². The minimum Gasteiger partial charge on any atom is -0.410 e. The smallest absolute Gasteiger partial charge is 0.410 e. The Hall–Kier alpha value is -2.02. The molecule has 0 spiro atoms. The second-order valence-corrected chi connectivity index (χ2v) is 3.66. The molecule has 1 rings (SSSR count). The van der Waals surface area contributed by atoms with Crippen molar-refractivity contribution >= 4 is 6.09 Å². The monoisotopic (exact) mass is 232 g/mol. The average Bonchev–Trinajstić information content (AvgIpc) is 2.36.